The van der Waals surface area contributed by atoms with E-state index in [-0.39, 0.29) is 6.10 Å². The van der Waals surface area contributed by atoms with Crippen LogP contribution in [-0.2, 0) is 4.74 Å². The summed E-state index contributed by atoms with van der Waals surface area (Å²) in [7, 11) is 0. The molecule has 1 fully saturated rings. The van der Waals surface area contributed by atoms with Crippen molar-refractivity contribution in [3.05, 3.63) is 24.3 Å². The van der Waals surface area contributed by atoms with Gasteiger partial charge >= 0.3 is 0 Å². The van der Waals surface area contributed by atoms with Gasteiger partial charge in [0.25, 0.3) is 0 Å². The Hall–Kier alpha value is -1.26. The predicted molar refractivity (Wildman–Crippen MR) is 68.2 cm³/mol. The van der Waals surface area contributed by atoms with Crippen LogP contribution in [0.15, 0.2) is 24.3 Å². The second-order valence-corrected chi connectivity index (χ2v) is 4.80. The van der Waals surface area contributed by atoms with Crippen molar-refractivity contribution < 1.29 is 14.2 Å². The molecule has 2 aliphatic rings. The lowest BCUT2D eigenvalue weighted by molar-refractivity contribution is -0.0280. The maximum Gasteiger partial charge on any atom is 0.161 e. The molecule has 0 spiro atoms. The van der Waals surface area contributed by atoms with Crippen LogP contribution in [0.1, 0.15) is 6.92 Å². The van der Waals surface area contributed by atoms with Crippen molar-refractivity contribution in [3.8, 4) is 11.5 Å². The Labute approximate surface area is 107 Å². The van der Waals surface area contributed by atoms with E-state index in [1.165, 1.54) is 0 Å². The highest BCUT2D eigenvalue weighted by molar-refractivity contribution is 5.40. The minimum atomic E-state index is 0.0954. The molecule has 18 heavy (non-hydrogen) atoms. The minimum Gasteiger partial charge on any atom is -0.486 e. The molecule has 2 aliphatic heterocycles. The second kappa shape index (κ2) is 5.16. The maximum atomic E-state index is 6.04. The third-order valence-electron chi connectivity index (χ3n) is 3.69. The molecule has 4 heteroatoms. The van der Waals surface area contributed by atoms with Crippen LogP contribution in [0.25, 0.3) is 0 Å². The topological polar surface area (TPSA) is 30.9 Å². The number of hydrogen-bond acceptors (Lipinski definition) is 4. The van der Waals surface area contributed by atoms with Crippen LogP contribution in [0.2, 0.25) is 0 Å². The van der Waals surface area contributed by atoms with Gasteiger partial charge in [-0.25, -0.2) is 0 Å². The molecule has 0 aliphatic carbocycles. The Morgan fingerprint density at radius 1 is 1.17 bits per heavy atom. The molecule has 1 aromatic carbocycles. The molecule has 2 unspecified atom stereocenters. The summed E-state index contributed by atoms with van der Waals surface area (Å²) in [5.74, 6) is 1.71. The highest BCUT2D eigenvalue weighted by Crippen LogP contribution is 2.32. The van der Waals surface area contributed by atoms with Crippen molar-refractivity contribution in [2.45, 2.75) is 19.1 Å². The van der Waals surface area contributed by atoms with Gasteiger partial charge < -0.3 is 14.2 Å². The monoisotopic (exact) mass is 249 g/mol. The van der Waals surface area contributed by atoms with E-state index in [1.807, 2.05) is 24.3 Å². The Bertz CT molecular complexity index is 404. The molecule has 0 N–H and O–H groups in total. The van der Waals surface area contributed by atoms with Gasteiger partial charge in [0.2, 0.25) is 0 Å². The largest absolute Gasteiger partial charge is 0.486 e. The van der Waals surface area contributed by atoms with Gasteiger partial charge in [-0.2, -0.15) is 0 Å². The van der Waals surface area contributed by atoms with E-state index in [1.54, 1.807) is 0 Å². The molecule has 0 radical (unpaired) electrons. The summed E-state index contributed by atoms with van der Waals surface area (Å²) in [5, 5.41) is 0. The van der Waals surface area contributed by atoms with Gasteiger partial charge in [-0.1, -0.05) is 12.1 Å². The lowest BCUT2D eigenvalue weighted by Gasteiger charge is -2.38. The fraction of sp³-hybridized carbons (Fsp3) is 0.571. The predicted octanol–water partition coefficient (Wildman–Crippen LogP) is 1.55. The molecule has 1 saturated heterocycles. The third kappa shape index (κ3) is 2.31. The molecule has 0 bridgehead atoms. The Kier molecular flexibility index (Phi) is 3.39. The van der Waals surface area contributed by atoms with Gasteiger partial charge in [0.05, 0.1) is 13.2 Å². The first-order valence-electron chi connectivity index (χ1n) is 6.55. The quantitative estimate of drug-likeness (QED) is 0.795. The number of fused-ring (bicyclic) bond motifs is 1. The van der Waals surface area contributed by atoms with Crippen molar-refractivity contribution in [1.82, 2.24) is 4.90 Å². The van der Waals surface area contributed by atoms with Gasteiger partial charge in [0, 0.05) is 19.1 Å². The van der Waals surface area contributed by atoms with Crippen molar-refractivity contribution in [1.29, 1.82) is 0 Å². The van der Waals surface area contributed by atoms with Crippen LogP contribution >= 0.6 is 0 Å². The average molecular weight is 249 g/mol. The summed E-state index contributed by atoms with van der Waals surface area (Å²) in [6, 6.07) is 8.21. The zero-order valence-electron chi connectivity index (χ0n) is 10.7. The van der Waals surface area contributed by atoms with E-state index in [0.29, 0.717) is 12.6 Å². The smallest absolute Gasteiger partial charge is 0.161 e. The molecule has 0 aromatic heterocycles. The number of benzene rings is 1. The van der Waals surface area contributed by atoms with Crippen LogP contribution in [0.4, 0.5) is 0 Å². The number of ether oxygens (including phenoxy) is 3. The van der Waals surface area contributed by atoms with Gasteiger partial charge in [0.15, 0.2) is 11.5 Å². The summed E-state index contributed by atoms with van der Waals surface area (Å²) in [4.78, 5) is 2.41. The van der Waals surface area contributed by atoms with Gasteiger partial charge in [-0.05, 0) is 19.1 Å². The first kappa shape index (κ1) is 11.8. The second-order valence-electron chi connectivity index (χ2n) is 4.80. The van der Waals surface area contributed by atoms with E-state index in [0.717, 1.165) is 37.8 Å². The molecule has 2 heterocycles. The first-order valence-corrected chi connectivity index (χ1v) is 6.55. The fourth-order valence-corrected chi connectivity index (χ4v) is 2.49. The lowest BCUT2D eigenvalue weighted by Crippen LogP contribution is -2.51. The number of nitrogens with zero attached hydrogens (tertiary/aromatic N) is 1. The van der Waals surface area contributed by atoms with Crippen LogP contribution in [0.3, 0.4) is 0 Å². The van der Waals surface area contributed by atoms with Crippen LogP contribution in [0.5, 0.6) is 11.5 Å². The van der Waals surface area contributed by atoms with Crippen molar-refractivity contribution in [2.75, 3.05) is 32.9 Å². The number of morpholine rings is 1. The van der Waals surface area contributed by atoms with E-state index in [9.17, 15) is 0 Å². The van der Waals surface area contributed by atoms with Crippen molar-refractivity contribution in [2.24, 2.45) is 0 Å². The normalized spacial score (nSPS) is 25.7. The fourth-order valence-electron chi connectivity index (χ4n) is 2.49. The molecule has 3 rings (SSSR count). The van der Waals surface area contributed by atoms with Crippen LogP contribution in [-0.4, -0.2) is 50.0 Å². The standard InChI is InChI=1S/C14H19NO3/c1-11(15-6-8-16-9-7-15)14-10-17-12-4-2-3-5-13(12)18-14/h2-5,11,14H,6-10H2,1H3. The molecule has 0 saturated carbocycles. The third-order valence-corrected chi connectivity index (χ3v) is 3.69. The summed E-state index contributed by atoms with van der Waals surface area (Å²) in [6.07, 6.45) is 0.0954. The highest BCUT2D eigenvalue weighted by Gasteiger charge is 2.30. The molecular formula is C14H19NO3. The lowest BCUT2D eigenvalue weighted by atomic mass is 10.1. The van der Waals surface area contributed by atoms with Crippen LogP contribution in [0, 0.1) is 0 Å². The maximum absolute atomic E-state index is 6.04. The number of hydrogen-bond donors (Lipinski definition) is 0. The Morgan fingerprint density at radius 2 is 1.89 bits per heavy atom. The average Bonchev–Trinajstić information content (AvgIpc) is 2.47. The highest BCUT2D eigenvalue weighted by atomic mass is 16.6. The summed E-state index contributed by atoms with van der Waals surface area (Å²) in [6.45, 7) is 6.40. The summed E-state index contributed by atoms with van der Waals surface area (Å²) >= 11 is 0. The van der Waals surface area contributed by atoms with E-state index < -0.39 is 0 Å². The van der Waals surface area contributed by atoms with E-state index in [4.69, 9.17) is 14.2 Å². The minimum absolute atomic E-state index is 0.0954. The Balaban J connectivity index is 1.67. The van der Waals surface area contributed by atoms with Gasteiger partial charge in [0.1, 0.15) is 12.7 Å². The van der Waals surface area contributed by atoms with E-state index in [2.05, 4.69) is 11.8 Å². The molecular weight excluding hydrogens is 230 g/mol. The van der Waals surface area contributed by atoms with E-state index >= 15 is 0 Å². The Morgan fingerprint density at radius 3 is 2.67 bits per heavy atom. The molecule has 0 amide bonds. The first-order chi connectivity index (χ1) is 8.84. The molecule has 2 atom stereocenters. The zero-order valence-corrected chi connectivity index (χ0v) is 10.7. The van der Waals surface area contributed by atoms with Gasteiger partial charge in [-0.3, -0.25) is 4.90 Å². The molecule has 98 valence electrons. The molecule has 1 aromatic rings. The van der Waals surface area contributed by atoms with Crippen LogP contribution < -0.4 is 9.47 Å². The van der Waals surface area contributed by atoms with Gasteiger partial charge in [-0.15, -0.1) is 0 Å². The molecule has 4 nitrogen and oxygen atoms in total. The number of rotatable bonds is 2. The zero-order chi connectivity index (χ0) is 12.4. The summed E-state index contributed by atoms with van der Waals surface area (Å²) < 4.78 is 17.2. The van der Waals surface area contributed by atoms with Crippen molar-refractivity contribution in [3.63, 3.8) is 0 Å². The summed E-state index contributed by atoms with van der Waals surface area (Å²) in [5.41, 5.74) is 0. The van der Waals surface area contributed by atoms with Crippen molar-refractivity contribution >= 4 is 0 Å². The SMILES string of the molecule is CC(C1COc2ccccc2O1)N1CCOCC1. The number of para-hydroxylation sites is 2.